The Morgan fingerprint density at radius 1 is 0.976 bits per heavy atom. The van der Waals surface area contributed by atoms with Crippen LogP contribution in [0.2, 0.25) is 0 Å². The van der Waals surface area contributed by atoms with Gasteiger partial charge in [-0.1, -0.05) is 24.3 Å². The van der Waals surface area contributed by atoms with Crippen LogP contribution in [0, 0.1) is 0 Å². The number of benzene rings is 2. The Balaban J connectivity index is 0.000000316. The molecule has 1 aromatic heterocycles. The second kappa shape index (κ2) is 15.1. The van der Waals surface area contributed by atoms with Gasteiger partial charge in [0.1, 0.15) is 0 Å². The number of methoxy groups -OCH3 is 2. The fraction of sp³-hybridized carbons (Fsp3) is 0.400. The van der Waals surface area contributed by atoms with E-state index in [2.05, 4.69) is 46.3 Å². The molecule has 1 atom stereocenters. The largest absolute Gasteiger partial charge is 0.493 e. The van der Waals surface area contributed by atoms with Crippen LogP contribution in [0.1, 0.15) is 36.8 Å². The van der Waals surface area contributed by atoms with Crippen LogP contribution >= 0.6 is 0 Å². The van der Waals surface area contributed by atoms with Gasteiger partial charge in [0.05, 0.1) is 38.7 Å². The fourth-order valence-corrected chi connectivity index (χ4v) is 4.76. The van der Waals surface area contributed by atoms with Crippen molar-refractivity contribution in [1.29, 1.82) is 0 Å². The average Bonchev–Trinajstić information content (AvgIpc) is 3.45. The van der Waals surface area contributed by atoms with E-state index in [-0.39, 0.29) is 0 Å². The zero-order valence-electron chi connectivity index (χ0n) is 23.6. The maximum Gasteiger partial charge on any atom is 0.336 e. The molecule has 0 amide bonds. The lowest BCUT2D eigenvalue weighted by Gasteiger charge is -2.26. The van der Waals surface area contributed by atoms with Gasteiger partial charge in [-0.2, -0.15) is 0 Å². The third-order valence-electron chi connectivity index (χ3n) is 6.76. The molecule has 1 aliphatic rings. The lowest BCUT2D eigenvalue weighted by Crippen LogP contribution is -2.42. The molecule has 12 nitrogen and oxygen atoms in total. The minimum Gasteiger partial charge on any atom is -0.493 e. The van der Waals surface area contributed by atoms with Crippen LogP contribution in [0.25, 0.3) is 10.9 Å². The highest BCUT2D eigenvalue weighted by molar-refractivity contribution is 5.88. The van der Waals surface area contributed by atoms with Crippen molar-refractivity contribution in [1.82, 2.24) is 9.88 Å². The number of carboxylic acids is 3. The topological polar surface area (TPSA) is 176 Å². The average molecular weight is 585 g/mol. The first-order valence-corrected chi connectivity index (χ1v) is 13.3. The quantitative estimate of drug-likeness (QED) is 0.231. The van der Waals surface area contributed by atoms with Gasteiger partial charge in [0.25, 0.3) is 0 Å². The zero-order chi connectivity index (χ0) is 30.7. The van der Waals surface area contributed by atoms with Gasteiger partial charge in [0, 0.05) is 37.8 Å². The standard InChI is InChI=1S/C24H28N2O3.C6H8O7/c1-27-23-11-10-18(14-24(23)28-2)15-26(17-20-7-5-13-29-20)16-19-6-3-9-22-21(19)8-4-12-25-22;7-3(8)1-6(13,5(11)12)2-4(9)10/h3-4,6,8-12,14,20H,5,7,13,15-17H2,1-2H3;13H,1-2H2,(H,7,8)(H,9,10)(H,11,12). The van der Waals surface area contributed by atoms with E-state index in [1.807, 2.05) is 18.3 Å². The number of nitrogens with zero attached hydrogens (tertiary/aromatic N) is 2. The molecule has 0 bridgehead atoms. The summed E-state index contributed by atoms with van der Waals surface area (Å²) in [7, 11) is 3.34. The summed E-state index contributed by atoms with van der Waals surface area (Å²) in [5.74, 6) is -3.51. The molecule has 4 N–H and O–H groups in total. The number of hydrogen-bond acceptors (Lipinski definition) is 9. The molecule has 0 spiro atoms. The first-order chi connectivity index (χ1) is 20.0. The van der Waals surface area contributed by atoms with Crippen LogP contribution in [-0.2, 0) is 32.2 Å². The van der Waals surface area contributed by atoms with E-state index in [0.29, 0.717) is 6.10 Å². The van der Waals surface area contributed by atoms with Gasteiger partial charge in [-0.25, -0.2) is 4.79 Å². The van der Waals surface area contributed by atoms with Crippen molar-refractivity contribution in [3.05, 3.63) is 65.9 Å². The Hall–Kier alpha value is -4.26. The molecular formula is C30H36N2O10. The molecule has 0 aliphatic carbocycles. The van der Waals surface area contributed by atoms with Gasteiger partial charge in [0.2, 0.25) is 0 Å². The summed E-state index contributed by atoms with van der Waals surface area (Å²) in [4.78, 5) is 37.4. The number of aliphatic hydroxyl groups is 1. The zero-order valence-corrected chi connectivity index (χ0v) is 23.6. The lowest BCUT2D eigenvalue weighted by molar-refractivity contribution is -0.170. The molecule has 1 saturated heterocycles. The number of fused-ring (bicyclic) bond motifs is 1. The SMILES string of the molecule is COc1ccc(CN(Cc2cccc3ncccc23)CC2CCCO2)cc1OC.O=C(O)CC(O)(CC(=O)O)C(=O)O. The first-order valence-electron chi connectivity index (χ1n) is 13.3. The van der Waals surface area contributed by atoms with Crippen LogP contribution in [-0.4, -0.2) is 87.3 Å². The monoisotopic (exact) mass is 584 g/mol. The summed E-state index contributed by atoms with van der Waals surface area (Å²) in [6, 6.07) is 16.6. The molecule has 4 rings (SSSR count). The Bertz CT molecular complexity index is 1350. The van der Waals surface area contributed by atoms with Crippen LogP contribution < -0.4 is 9.47 Å². The van der Waals surface area contributed by atoms with Crippen LogP contribution in [0.4, 0.5) is 0 Å². The second-order valence-corrected chi connectivity index (χ2v) is 9.96. The van der Waals surface area contributed by atoms with Crippen molar-refractivity contribution in [3.8, 4) is 11.5 Å². The molecule has 42 heavy (non-hydrogen) atoms. The summed E-state index contributed by atoms with van der Waals surface area (Å²) in [5.41, 5.74) is 0.777. The van der Waals surface area contributed by atoms with E-state index in [0.717, 1.165) is 56.1 Å². The van der Waals surface area contributed by atoms with Gasteiger partial charge in [-0.05, 0) is 48.2 Å². The molecule has 2 heterocycles. The summed E-state index contributed by atoms with van der Waals surface area (Å²) in [6.07, 6.45) is 2.12. The Kier molecular flexibility index (Phi) is 11.6. The minimum absolute atomic E-state index is 0.295. The van der Waals surface area contributed by atoms with E-state index < -0.39 is 36.4 Å². The summed E-state index contributed by atoms with van der Waals surface area (Å²) >= 11 is 0. The molecule has 0 radical (unpaired) electrons. The van der Waals surface area contributed by atoms with Gasteiger partial charge in [0.15, 0.2) is 17.1 Å². The number of carboxylic acid groups (broad SMARTS) is 3. The van der Waals surface area contributed by atoms with E-state index >= 15 is 0 Å². The number of hydrogen-bond donors (Lipinski definition) is 4. The molecule has 3 aromatic rings. The Morgan fingerprint density at radius 2 is 1.69 bits per heavy atom. The van der Waals surface area contributed by atoms with Crippen LogP contribution in [0.3, 0.4) is 0 Å². The third-order valence-corrected chi connectivity index (χ3v) is 6.76. The van der Waals surface area contributed by atoms with E-state index in [1.165, 1.54) is 16.5 Å². The van der Waals surface area contributed by atoms with Crippen molar-refractivity contribution in [3.63, 3.8) is 0 Å². The lowest BCUT2D eigenvalue weighted by atomic mass is 9.96. The molecule has 226 valence electrons. The van der Waals surface area contributed by atoms with Gasteiger partial charge < -0.3 is 34.6 Å². The predicted octanol–water partition coefficient (Wildman–Crippen LogP) is 3.18. The molecule has 1 aliphatic heterocycles. The van der Waals surface area contributed by atoms with Crippen molar-refractivity contribution >= 4 is 28.8 Å². The predicted molar refractivity (Wildman–Crippen MR) is 151 cm³/mol. The number of aromatic nitrogens is 1. The molecular weight excluding hydrogens is 548 g/mol. The highest BCUT2D eigenvalue weighted by Crippen LogP contribution is 2.29. The van der Waals surface area contributed by atoms with Crippen molar-refractivity contribution in [2.24, 2.45) is 0 Å². The fourth-order valence-electron chi connectivity index (χ4n) is 4.76. The van der Waals surface area contributed by atoms with Crippen LogP contribution in [0.15, 0.2) is 54.7 Å². The Morgan fingerprint density at radius 3 is 2.29 bits per heavy atom. The highest BCUT2D eigenvalue weighted by atomic mass is 16.5. The van der Waals surface area contributed by atoms with Gasteiger partial charge >= 0.3 is 17.9 Å². The van der Waals surface area contributed by atoms with E-state index in [9.17, 15) is 14.4 Å². The van der Waals surface area contributed by atoms with Crippen LogP contribution in [0.5, 0.6) is 11.5 Å². The maximum atomic E-state index is 10.3. The van der Waals surface area contributed by atoms with Crippen molar-refractivity contribution in [2.45, 2.75) is 50.5 Å². The summed E-state index contributed by atoms with van der Waals surface area (Å²) < 4.78 is 16.8. The molecule has 2 aromatic carbocycles. The number of carbonyl (C=O) groups is 3. The summed E-state index contributed by atoms with van der Waals surface area (Å²) in [6.45, 7) is 3.44. The minimum atomic E-state index is -2.74. The molecule has 1 fully saturated rings. The highest BCUT2D eigenvalue weighted by Gasteiger charge is 2.40. The summed E-state index contributed by atoms with van der Waals surface area (Å²) in [5, 5.41) is 35.0. The smallest absolute Gasteiger partial charge is 0.336 e. The molecule has 0 saturated carbocycles. The van der Waals surface area contributed by atoms with Gasteiger partial charge in [-0.3, -0.25) is 19.5 Å². The number of pyridine rings is 1. The first kappa shape index (κ1) is 32.3. The normalized spacial score (nSPS) is 14.7. The molecule has 1 unspecified atom stereocenters. The third kappa shape index (κ3) is 9.13. The van der Waals surface area contributed by atoms with Crippen molar-refractivity contribution < 1.29 is 49.0 Å². The van der Waals surface area contributed by atoms with E-state index in [4.69, 9.17) is 34.6 Å². The van der Waals surface area contributed by atoms with Gasteiger partial charge in [-0.15, -0.1) is 0 Å². The Labute approximate surface area is 243 Å². The van der Waals surface area contributed by atoms with Crippen molar-refractivity contribution in [2.75, 3.05) is 27.4 Å². The van der Waals surface area contributed by atoms with E-state index in [1.54, 1.807) is 14.2 Å². The number of aliphatic carboxylic acids is 3. The number of rotatable bonds is 13. The molecule has 12 heteroatoms. The second-order valence-electron chi connectivity index (χ2n) is 9.96. The number of ether oxygens (including phenoxy) is 3. The maximum absolute atomic E-state index is 10.3.